The van der Waals surface area contributed by atoms with Gasteiger partial charge in [-0.25, -0.2) is 4.79 Å². The zero-order chi connectivity index (χ0) is 14.9. The van der Waals surface area contributed by atoms with Gasteiger partial charge in [-0.05, 0) is 44.9 Å². The van der Waals surface area contributed by atoms with Crippen molar-refractivity contribution in [1.82, 2.24) is 0 Å². The maximum absolute atomic E-state index is 11.4. The molecule has 1 heterocycles. The van der Waals surface area contributed by atoms with E-state index in [0.29, 0.717) is 5.56 Å². The van der Waals surface area contributed by atoms with Gasteiger partial charge in [0.05, 0.1) is 11.3 Å². The molecule has 4 nitrogen and oxygen atoms in total. The third-order valence-corrected chi connectivity index (χ3v) is 4.43. The highest BCUT2D eigenvalue weighted by Gasteiger charge is 2.24. The van der Waals surface area contributed by atoms with Crippen molar-refractivity contribution in [1.29, 1.82) is 0 Å². The molecule has 0 saturated carbocycles. The molecule has 0 bridgehead atoms. The number of rotatable bonds is 3. The molecule has 0 unspecified atom stereocenters. The summed E-state index contributed by atoms with van der Waals surface area (Å²) in [5.41, 5.74) is 3.91. The van der Waals surface area contributed by atoms with Gasteiger partial charge in [0.15, 0.2) is 0 Å². The molecule has 1 N–H and O–H groups in total. The fraction of sp³-hybridized carbons (Fsp3) is 0.467. The molecule has 0 amide bonds. The summed E-state index contributed by atoms with van der Waals surface area (Å²) in [5.74, 6) is 0.0492. The molecule has 20 heavy (non-hydrogen) atoms. The van der Waals surface area contributed by atoms with Crippen LogP contribution < -0.4 is 0 Å². The highest BCUT2D eigenvalue weighted by molar-refractivity contribution is 7.99. The summed E-state index contributed by atoms with van der Waals surface area (Å²) >= 11 is 1.76. The van der Waals surface area contributed by atoms with E-state index in [-0.39, 0.29) is 6.10 Å². The van der Waals surface area contributed by atoms with E-state index in [1.165, 1.54) is 0 Å². The van der Waals surface area contributed by atoms with E-state index < -0.39 is 5.97 Å². The van der Waals surface area contributed by atoms with Gasteiger partial charge in [-0.15, -0.1) is 11.8 Å². The zero-order valence-electron chi connectivity index (χ0n) is 12.2. The minimum absolute atomic E-state index is 0.0181. The van der Waals surface area contributed by atoms with E-state index in [9.17, 15) is 9.90 Å². The molecular formula is C15H19NO3S. The summed E-state index contributed by atoms with van der Waals surface area (Å²) in [5, 5.41) is 13.6. The standard InChI is InChI=1S/C15H19NO3S/c1-8(2)19-16-12-5-6-20-14-9(3)7-11(15(17)18)10(4)13(12)14/h7-8H,5-6H2,1-4H3,(H,17,18). The quantitative estimate of drug-likeness (QED) is 0.865. The molecule has 2 rings (SSSR count). The second-order valence-electron chi connectivity index (χ2n) is 5.17. The van der Waals surface area contributed by atoms with Crippen molar-refractivity contribution in [2.24, 2.45) is 5.16 Å². The number of nitrogens with zero attached hydrogens (tertiary/aromatic N) is 1. The molecule has 0 atom stereocenters. The first-order valence-corrected chi connectivity index (χ1v) is 7.63. The predicted octanol–water partition coefficient (Wildman–Crippen LogP) is 3.63. The molecule has 1 aliphatic rings. The van der Waals surface area contributed by atoms with Gasteiger partial charge in [0, 0.05) is 22.6 Å². The van der Waals surface area contributed by atoms with Gasteiger partial charge in [0.25, 0.3) is 0 Å². The van der Waals surface area contributed by atoms with Crippen LogP contribution in [0.1, 0.15) is 47.3 Å². The normalized spacial score (nSPS) is 16.4. The van der Waals surface area contributed by atoms with E-state index in [2.05, 4.69) is 5.16 Å². The summed E-state index contributed by atoms with van der Waals surface area (Å²) in [6, 6.07) is 1.75. The van der Waals surface area contributed by atoms with Crippen LogP contribution in [0.25, 0.3) is 0 Å². The van der Waals surface area contributed by atoms with E-state index in [4.69, 9.17) is 4.84 Å². The predicted molar refractivity (Wildman–Crippen MR) is 81.0 cm³/mol. The average Bonchev–Trinajstić information content (AvgIpc) is 2.39. The van der Waals surface area contributed by atoms with E-state index in [1.54, 1.807) is 17.8 Å². The van der Waals surface area contributed by atoms with Crippen LogP contribution >= 0.6 is 11.8 Å². The lowest BCUT2D eigenvalue weighted by Gasteiger charge is -2.22. The van der Waals surface area contributed by atoms with Gasteiger partial charge >= 0.3 is 5.97 Å². The summed E-state index contributed by atoms with van der Waals surface area (Å²) in [7, 11) is 0. The first-order chi connectivity index (χ1) is 9.41. The third kappa shape index (κ3) is 2.82. The average molecular weight is 293 g/mol. The number of carboxylic acid groups (broad SMARTS) is 1. The van der Waals surface area contributed by atoms with Crippen molar-refractivity contribution < 1.29 is 14.7 Å². The number of carbonyl (C=O) groups is 1. The number of aryl methyl sites for hydroxylation is 1. The maximum atomic E-state index is 11.4. The van der Waals surface area contributed by atoms with Crippen LogP contribution in [0.5, 0.6) is 0 Å². The fourth-order valence-electron chi connectivity index (χ4n) is 2.28. The van der Waals surface area contributed by atoms with Crippen molar-refractivity contribution >= 4 is 23.4 Å². The highest BCUT2D eigenvalue weighted by atomic mass is 32.2. The van der Waals surface area contributed by atoms with Gasteiger partial charge in [-0.2, -0.15) is 0 Å². The van der Waals surface area contributed by atoms with Gasteiger partial charge in [-0.3, -0.25) is 0 Å². The van der Waals surface area contributed by atoms with Crippen LogP contribution in [-0.2, 0) is 4.84 Å². The highest BCUT2D eigenvalue weighted by Crippen LogP contribution is 2.36. The molecule has 0 aliphatic carbocycles. The maximum Gasteiger partial charge on any atom is 0.335 e. The molecule has 0 fully saturated rings. The summed E-state index contributed by atoms with van der Waals surface area (Å²) < 4.78 is 0. The van der Waals surface area contributed by atoms with Crippen LogP contribution in [0.2, 0.25) is 0 Å². The lowest BCUT2D eigenvalue weighted by Crippen LogP contribution is -2.17. The first kappa shape index (κ1) is 14.9. The van der Waals surface area contributed by atoms with Gasteiger partial charge in [0.1, 0.15) is 6.10 Å². The Bertz CT molecular complexity index is 579. The van der Waals surface area contributed by atoms with Gasteiger partial charge in [-0.1, -0.05) is 5.16 Å². The zero-order valence-corrected chi connectivity index (χ0v) is 13.0. The molecule has 1 aromatic rings. The second-order valence-corrected chi connectivity index (χ2v) is 6.27. The number of fused-ring (bicyclic) bond motifs is 1. The number of oxime groups is 1. The Morgan fingerprint density at radius 3 is 2.75 bits per heavy atom. The second kappa shape index (κ2) is 5.87. The number of aromatic carboxylic acids is 1. The number of thioether (sulfide) groups is 1. The van der Waals surface area contributed by atoms with Gasteiger partial charge in [0.2, 0.25) is 0 Å². The van der Waals surface area contributed by atoms with Gasteiger partial charge < -0.3 is 9.94 Å². The Balaban J connectivity index is 2.59. The fourth-order valence-corrected chi connectivity index (χ4v) is 3.48. The Morgan fingerprint density at radius 2 is 2.15 bits per heavy atom. The Kier molecular flexibility index (Phi) is 4.38. The molecule has 1 aliphatic heterocycles. The SMILES string of the molecule is Cc1cc(C(=O)O)c(C)c2c1SCCC2=NOC(C)C. The lowest BCUT2D eigenvalue weighted by molar-refractivity contribution is 0.0695. The molecule has 5 heteroatoms. The largest absolute Gasteiger partial charge is 0.478 e. The van der Waals surface area contributed by atoms with Crippen LogP contribution in [-0.4, -0.2) is 28.6 Å². The van der Waals surface area contributed by atoms with E-state index >= 15 is 0 Å². The Morgan fingerprint density at radius 1 is 1.45 bits per heavy atom. The van der Waals surface area contributed by atoms with Crippen LogP contribution in [0.15, 0.2) is 16.1 Å². The molecular weight excluding hydrogens is 274 g/mol. The van der Waals surface area contributed by atoms with Crippen LogP contribution in [0.4, 0.5) is 0 Å². The van der Waals surface area contributed by atoms with Crippen LogP contribution in [0.3, 0.4) is 0 Å². The topological polar surface area (TPSA) is 58.9 Å². The molecule has 0 radical (unpaired) electrons. The summed E-state index contributed by atoms with van der Waals surface area (Å²) in [6.45, 7) is 7.64. The molecule has 0 aromatic heterocycles. The third-order valence-electron chi connectivity index (χ3n) is 3.20. The number of carboxylic acids is 1. The van der Waals surface area contributed by atoms with Crippen molar-refractivity contribution in [3.8, 4) is 0 Å². The molecule has 0 spiro atoms. The minimum atomic E-state index is -0.895. The van der Waals surface area contributed by atoms with E-state index in [1.807, 2.05) is 27.7 Å². The Hall–Kier alpha value is -1.49. The summed E-state index contributed by atoms with van der Waals surface area (Å²) in [4.78, 5) is 17.8. The number of benzene rings is 1. The number of hydrogen-bond donors (Lipinski definition) is 1. The molecule has 108 valence electrons. The smallest absolute Gasteiger partial charge is 0.335 e. The number of hydrogen-bond acceptors (Lipinski definition) is 4. The van der Waals surface area contributed by atoms with E-state index in [0.717, 1.165) is 39.5 Å². The minimum Gasteiger partial charge on any atom is -0.478 e. The summed E-state index contributed by atoms with van der Waals surface area (Å²) in [6.07, 6.45) is 0.817. The molecule has 0 saturated heterocycles. The van der Waals surface area contributed by atoms with Crippen molar-refractivity contribution in [2.45, 2.75) is 45.1 Å². The van der Waals surface area contributed by atoms with Crippen molar-refractivity contribution in [3.63, 3.8) is 0 Å². The Labute approximate surface area is 123 Å². The first-order valence-electron chi connectivity index (χ1n) is 6.65. The van der Waals surface area contributed by atoms with Crippen molar-refractivity contribution in [3.05, 3.63) is 28.3 Å². The van der Waals surface area contributed by atoms with Crippen molar-refractivity contribution in [2.75, 3.05) is 5.75 Å². The van der Waals surface area contributed by atoms with Crippen LogP contribution in [0, 0.1) is 13.8 Å². The lowest BCUT2D eigenvalue weighted by atomic mass is 9.94. The molecule has 1 aromatic carbocycles. The monoisotopic (exact) mass is 293 g/mol.